The first-order chi connectivity index (χ1) is 15.4. The van der Waals surface area contributed by atoms with E-state index in [1.54, 1.807) is 12.4 Å². The summed E-state index contributed by atoms with van der Waals surface area (Å²) in [5.41, 5.74) is 1.86. The molecule has 0 amide bonds. The average Bonchev–Trinajstić information content (AvgIpc) is 3.19. The molecule has 0 radical (unpaired) electrons. The maximum atomic E-state index is 13.7. The zero-order valence-electron chi connectivity index (χ0n) is 18.1. The van der Waals surface area contributed by atoms with Gasteiger partial charge in [0.25, 0.3) is 0 Å². The fourth-order valence-electron chi connectivity index (χ4n) is 3.54. The minimum absolute atomic E-state index is 0.0356. The molecule has 0 aliphatic heterocycles. The Labute approximate surface area is 190 Å². The number of aromatic nitrogens is 2. The summed E-state index contributed by atoms with van der Waals surface area (Å²) in [6.45, 7) is 4.05. The molecule has 0 saturated heterocycles. The number of alkyl halides is 3. The van der Waals surface area contributed by atoms with E-state index in [0.717, 1.165) is 47.4 Å². The van der Waals surface area contributed by atoms with Crippen molar-refractivity contribution < 1.29 is 18.3 Å². The molecular weight excluding hydrogens is 435 g/mol. The minimum Gasteiger partial charge on any atom is -0.395 e. The van der Waals surface area contributed by atoms with Gasteiger partial charge in [0.05, 0.1) is 11.6 Å². The van der Waals surface area contributed by atoms with E-state index in [9.17, 15) is 18.3 Å². The van der Waals surface area contributed by atoms with Gasteiger partial charge in [-0.25, -0.2) is 4.98 Å². The lowest BCUT2D eigenvalue weighted by Crippen LogP contribution is -2.30. The first-order valence-electron chi connectivity index (χ1n) is 10.8. The highest BCUT2D eigenvalue weighted by atomic mass is 32.1. The smallest absolute Gasteiger partial charge is 0.395 e. The summed E-state index contributed by atoms with van der Waals surface area (Å²) in [5, 5.41) is 9.73. The third-order valence-corrected chi connectivity index (χ3v) is 6.30. The highest BCUT2D eigenvalue weighted by Gasteiger charge is 2.37. The molecule has 0 aliphatic carbocycles. The van der Waals surface area contributed by atoms with Gasteiger partial charge in [-0.05, 0) is 35.7 Å². The topological polar surface area (TPSA) is 49.2 Å². The molecule has 3 aromatic rings. The number of nitrogens with zero attached hydrogens (tertiary/aromatic N) is 3. The lowest BCUT2D eigenvalue weighted by Gasteiger charge is -2.20. The zero-order chi connectivity index (χ0) is 23.0. The lowest BCUT2D eigenvalue weighted by atomic mass is 10.0. The predicted octanol–water partition coefficient (Wildman–Crippen LogP) is 5.45. The van der Waals surface area contributed by atoms with E-state index in [-0.39, 0.29) is 17.9 Å². The third kappa shape index (κ3) is 6.85. The number of aliphatic hydroxyl groups excluding tert-OH is 1. The van der Waals surface area contributed by atoms with Crippen molar-refractivity contribution in [1.29, 1.82) is 0 Å². The second-order valence-corrected chi connectivity index (χ2v) is 8.83. The van der Waals surface area contributed by atoms with Gasteiger partial charge >= 0.3 is 6.18 Å². The Bertz CT molecular complexity index is 976. The Balaban J connectivity index is 1.78. The number of hydrogen-bond acceptors (Lipinski definition) is 5. The molecule has 4 nitrogen and oxygen atoms in total. The summed E-state index contributed by atoms with van der Waals surface area (Å²) in [4.78, 5) is 10.4. The molecule has 172 valence electrons. The van der Waals surface area contributed by atoms with Crippen LogP contribution in [0.3, 0.4) is 0 Å². The molecule has 8 heteroatoms. The predicted molar refractivity (Wildman–Crippen MR) is 122 cm³/mol. The molecular formula is C24H28F3N3OS. The summed E-state index contributed by atoms with van der Waals surface area (Å²) >= 11 is 1.13. The minimum atomic E-state index is -4.49. The second kappa shape index (κ2) is 11.5. The Hall–Kier alpha value is -2.29. The summed E-state index contributed by atoms with van der Waals surface area (Å²) < 4.78 is 41.1. The van der Waals surface area contributed by atoms with Crippen LogP contribution in [-0.2, 0) is 19.0 Å². The van der Waals surface area contributed by atoms with Gasteiger partial charge in [-0.2, -0.15) is 13.2 Å². The number of rotatable bonds is 11. The number of thiazole rings is 1. The van der Waals surface area contributed by atoms with Crippen LogP contribution in [0.1, 0.15) is 40.9 Å². The summed E-state index contributed by atoms with van der Waals surface area (Å²) in [7, 11) is 0. The van der Waals surface area contributed by atoms with E-state index in [0.29, 0.717) is 24.5 Å². The molecule has 32 heavy (non-hydrogen) atoms. The van der Waals surface area contributed by atoms with Gasteiger partial charge in [0, 0.05) is 43.2 Å². The lowest BCUT2D eigenvalue weighted by molar-refractivity contribution is -0.141. The van der Waals surface area contributed by atoms with Crippen molar-refractivity contribution in [3.63, 3.8) is 0 Å². The van der Waals surface area contributed by atoms with Gasteiger partial charge in [-0.3, -0.25) is 4.98 Å². The molecule has 0 bridgehead atoms. The molecule has 0 aliphatic rings. The second-order valence-electron chi connectivity index (χ2n) is 7.66. The molecule has 1 aromatic carbocycles. The summed E-state index contributed by atoms with van der Waals surface area (Å²) in [5.74, 6) is 0. The van der Waals surface area contributed by atoms with Crippen molar-refractivity contribution in [2.75, 3.05) is 26.2 Å². The van der Waals surface area contributed by atoms with Crippen molar-refractivity contribution in [3.8, 4) is 11.1 Å². The third-order valence-electron chi connectivity index (χ3n) is 5.18. The summed E-state index contributed by atoms with van der Waals surface area (Å²) in [6.07, 6.45) is 1.57. The van der Waals surface area contributed by atoms with E-state index in [2.05, 4.69) is 21.8 Å². The van der Waals surface area contributed by atoms with Crippen LogP contribution in [0.25, 0.3) is 11.1 Å². The Morgan fingerprint density at radius 3 is 2.56 bits per heavy atom. The van der Waals surface area contributed by atoms with Crippen LogP contribution in [0, 0.1) is 0 Å². The standard InChI is InChI=1S/C24H28F3N3OS/c1-2-3-11-30(13-14-31)12-9-22-29-23(24(25,26)27)21(32-22)16-18-6-4-7-19(15-18)20-8-5-10-28-17-20/h4-8,10,15,17,31H,2-3,9,11-14,16H2,1H3. The Kier molecular flexibility index (Phi) is 8.78. The van der Waals surface area contributed by atoms with Crippen LogP contribution in [0.15, 0.2) is 48.8 Å². The molecule has 2 aromatic heterocycles. The van der Waals surface area contributed by atoms with Crippen molar-refractivity contribution in [2.24, 2.45) is 0 Å². The largest absolute Gasteiger partial charge is 0.434 e. The van der Waals surface area contributed by atoms with Crippen molar-refractivity contribution in [1.82, 2.24) is 14.9 Å². The van der Waals surface area contributed by atoms with Crippen molar-refractivity contribution in [3.05, 3.63) is 69.9 Å². The Morgan fingerprint density at radius 1 is 1.06 bits per heavy atom. The zero-order valence-corrected chi connectivity index (χ0v) is 18.9. The van der Waals surface area contributed by atoms with Crippen LogP contribution < -0.4 is 0 Å². The van der Waals surface area contributed by atoms with Gasteiger partial charge in [0.2, 0.25) is 0 Å². The highest BCUT2D eigenvalue weighted by molar-refractivity contribution is 7.11. The average molecular weight is 464 g/mol. The van der Waals surface area contributed by atoms with Crippen LogP contribution >= 0.6 is 11.3 Å². The fraction of sp³-hybridized carbons (Fsp3) is 0.417. The number of benzene rings is 1. The van der Waals surface area contributed by atoms with E-state index >= 15 is 0 Å². The number of aliphatic hydroxyl groups is 1. The molecule has 0 saturated carbocycles. The van der Waals surface area contributed by atoms with Crippen molar-refractivity contribution in [2.45, 2.75) is 38.8 Å². The number of hydrogen-bond donors (Lipinski definition) is 1. The molecule has 2 heterocycles. The first kappa shape index (κ1) is 24.4. The normalized spacial score (nSPS) is 11.9. The molecule has 0 fully saturated rings. The van der Waals surface area contributed by atoms with E-state index in [1.807, 2.05) is 36.4 Å². The molecule has 0 unspecified atom stereocenters. The maximum absolute atomic E-state index is 13.7. The summed E-state index contributed by atoms with van der Waals surface area (Å²) in [6, 6.07) is 11.3. The number of pyridine rings is 1. The monoisotopic (exact) mass is 463 g/mol. The van der Waals surface area contributed by atoms with Crippen LogP contribution in [-0.4, -0.2) is 46.2 Å². The van der Waals surface area contributed by atoms with E-state index in [4.69, 9.17) is 0 Å². The van der Waals surface area contributed by atoms with Gasteiger partial charge in [-0.1, -0.05) is 43.7 Å². The van der Waals surface area contributed by atoms with E-state index < -0.39 is 11.9 Å². The van der Waals surface area contributed by atoms with Crippen LogP contribution in [0.2, 0.25) is 0 Å². The van der Waals surface area contributed by atoms with Crippen LogP contribution in [0.4, 0.5) is 13.2 Å². The number of unbranched alkanes of at least 4 members (excludes halogenated alkanes) is 1. The molecule has 0 atom stereocenters. The molecule has 0 spiro atoms. The SMILES string of the molecule is CCCCN(CCO)CCc1nc(C(F)(F)F)c(Cc2cccc(-c3cccnc3)c2)s1. The van der Waals surface area contributed by atoms with Crippen LogP contribution in [0.5, 0.6) is 0 Å². The first-order valence-corrected chi connectivity index (χ1v) is 11.6. The molecule has 1 N–H and O–H groups in total. The Morgan fingerprint density at radius 2 is 1.88 bits per heavy atom. The van der Waals surface area contributed by atoms with Gasteiger partial charge < -0.3 is 10.0 Å². The van der Waals surface area contributed by atoms with Gasteiger partial charge in [0.15, 0.2) is 5.69 Å². The molecule has 3 rings (SSSR count). The highest BCUT2D eigenvalue weighted by Crippen LogP contribution is 2.36. The van der Waals surface area contributed by atoms with Gasteiger partial charge in [-0.15, -0.1) is 11.3 Å². The van der Waals surface area contributed by atoms with Gasteiger partial charge in [0.1, 0.15) is 0 Å². The van der Waals surface area contributed by atoms with E-state index in [1.165, 1.54) is 0 Å². The quantitative estimate of drug-likeness (QED) is 0.411. The fourth-order valence-corrected chi connectivity index (χ4v) is 4.65. The van der Waals surface area contributed by atoms with Crippen molar-refractivity contribution >= 4 is 11.3 Å². The maximum Gasteiger partial charge on any atom is 0.434 e. The number of halogens is 3.